The normalized spacial score (nSPS) is 13.4. The summed E-state index contributed by atoms with van der Waals surface area (Å²) in [5.74, 6) is -1.27. The van der Waals surface area contributed by atoms with Gasteiger partial charge in [0.1, 0.15) is 6.54 Å². The molecule has 7 heteroatoms. The molecule has 0 spiro atoms. The lowest BCUT2D eigenvalue weighted by Gasteiger charge is -2.33. The van der Waals surface area contributed by atoms with Crippen LogP contribution in [0.15, 0.2) is 0 Å². The molecule has 0 aliphatic rings. The van der Waals surface area contributed by atoms with Gasteiger partial charge >= 0.3 is 13.7 Å². The highest BCUT2D eigenvalue weighted by atomic mass is 31.2. The highest BCUT2D eigenvalue weighted by Gasteiger charge is 2.36. The molecule has 0 aliphatic heterocycles. The number of hydrogen-bond acceptors (Lipinski definition) is 2. The number of rotatable bonds is 3. The summed E-state index contributed by atoms with van der Waals surface area (Å²) in [6, 6.07) is 0. The average Bonchev–Trinajstić information content (AvgIpc) is 1.77. The van der Waals surface area contributed by atoms with Gasteiger partial charge in [0, 0.05) is 5.54 Å². The lowest BCUT2D eigenvalue weighted by atomic mass is 10.1. The van der Waals surface area contributed by atoms with Crippen LogP contribution in [-0.4, -0.2) is 37.6 Å². The number of nitrogens with zero attached hydrogens (tertiary/aromatic N) is 1. The molecule has 6 nitrogen and oxygen atoms in total. The Morgan fingerprint density at radius 2 is 1.77 bits per heavy atom. The highest BCUT2D eigenvalue weighted by Crippen LogP contribution is 2.44. The predicted octanol–water partition coefficient (Wildman–Crippen LogP) is 0.264. The molecule has 0 heterocycles. The van der Waals surface area contributed by atoms with Crippen molar-refractivity contribution in [1.82, 2.24) is 4.67 Å². The first-order valence-corrected chi connectivity index (χ1v) is 5.17. The van der Waals surface area contributed by atoms with Crippen molar-refractivity contribution in [1.29, 1.82) is 0 Å². The zero-order chi connectivity index (χ0) is 10.9. The Balaban J connectivity index is 4.79. The molecule has 0 saturated heterocycles. The van der Waals surface area contributed by atoms with Crippen LogP contribution in [0, 0.1) is 0 Å². The number of hydrogen-bond donors (Lipinski definition) is 3. The Morgan fingerprint density at radius 3 is 1.85 bits per heavy atom. The van der Waals surface area contributed by atoms with Crippen molar-refractivity contribution in [2.24, 2.45) is 0 Å². The first-order chi connectivity index (χ1) is 5.55. The van der Waals surface area contributed by atoms with Crippen LogP contribution in [-0.2, 0) is 9.36 Å². The van der Waals surface area contributed by atoms with Crippen molar-refractivity contribution in [3.8, 4) is 0 Å². The van der Waals surface area contributed by atoms with Crippen molar-refractivity contribution >= 4 is 13.7 Å². The van der Waals surface area contributed by atoms with Gasteiger partial charge in [0.05, 0.1) is 0 Å². The molecule has 0 aliphatic carbocycles. The third kappa shape index (κ3) is 4.38. The van der Waals surface area contributed by atoms with Gasteiger partial charge in [-0.2, -0.15) is 4.67 Å². The highest BCUT2D eigenvalue weighted by molar-refractivity contribution is 7.49. The van der Waals surface area contributed by atoms with Crippen LogP contribution in [0.25, 0.3) is 0 Å². The predicted molar refractivity (Wildman–Crippen MR) is 46.1 cm³/mol. The molecule has 0 unspecified atom stereocenters. The van der Waals surface area contributed by atoms with E-state index in [0.29, 0.717) is 4.67 Å². The Hall–Kier alpha value is -0.420. The second kappa shape index (κ2) is 3.75. The first-order valence-electron chi connectivity index (χ1n) is 3.60. The molecular weight excluding hydrogens is 197 g/mol. The minimum Gasteiger partial charge on any atom is -0.480 e. The summed E-state index contributed by atoms with van der Waals surface area (Å²) in [5, 5.41) is 8.43. The third-order valence-electron chi connectivity index (χ3n) is 1.37. The molecule has 0 atom stereocenters. The zero-order valence-electron chi connectivity index (χ0n) is 7.76. The van der Waals surface area contributed by atoms with Crippen molar-refractivity contribution < 1.29 is 24.3 Å². The maximum absolute atomic E-state index is 10.9. The lowest BCUT2D eigenvalue weighted by Crippen LogP contribution is -2.41. The lowest BCUT2D eigenvalue weighted by molar-refractivity contribution is -0.138. The van der Waals surface area contributed by atoms with E-state index in [1.54, 1.807) is 0 Å². The van der Waals surface area contributed by atoms with Crippen LogP contribution in [0.4, 0.5) is 0 Å². The molecule has 0 amide bonds. The Morgan fingerprint density at radius 1 is 1.38 bits per heavy atom. The van der Waals surface area contributed by atoms with E-state index >= 15 is 0 Å². The van der Waals surface area contributed by atoms with E-state index in [9.17, 15) is 9.36 Å². The largest absolute Gasteiger partial charge is 0.480 e. The van der Waals surface area contributed by atoms with Gasteiger partial charge in [0.2, 0.25) is 0 Å². The van der Waals surface area contributed by atoms with Crippen LogP contribution < -0.4 is 0 Å². The van der Waals surface area contributed by atoms with Crippen LogP contribution in [0.1, 0.15) is 20.8 Å². The summed E-state index contributed by atoms with van der Waals surface area (Å²) in [7, 11) is -4.50. The van der Waals surface area contributed by atoms with Gasteiger partial charge in [-0.15, -0.1) is 0 Å². The Kier molecular flexibility index (Phi) is 3.63. The summed E-state index contributed by atoms with van der Waals surface area (Å²) in [6.07, 6.45) is 0. The second-order valence-electron chi connectivity index (χ2n) is 3.64. The quantitative estimate of drug-likeness (QED) is 0.579. The van der Waals surface area contributed by atoms with Gasteiger partial charge in [0.25, 0.3) is 0 Å². The van der Waals surface area contributed by atoms with Crippen molar-refractivity contribution in [2.75, 3.05) is 6.54 Å². The topological polar surface area (TPSA) is 98.1 Å². The third-order valence-corrected chi connectivity index (χ3v) is 2.74. The van der Waals surface area contributed by atoms with E-state index in [1.807, 2.05) is 0 Å². The first kappa shape index (κ1) is 12.6. The van der Waals surface area contributed by atoms with Crippen LogP contribution in [0.3, 0.4) is 0 Å². The van der Waals surface area contributed by atoms with Crippen LogP contribution in [0.2, 0.25) is 0 Å². The summed E-state index contributed by atoms with van der Waals surface area (Å²) < 4.78 is 11.5. The molecule has 0 rings (SSSR count). The molecule has 0 aromatic carbocycles. The fraction of sp³-hybridized carbons (Fsp3) is 0.833. The van der Waals surface area contributed by atoms with E-state index in [0.717, 1.165) is 0 Å². The van der Waals surface area contributed by atoms with E-state index in [2.05, 4.69) is 0 Å². The monoisotopic (exact) mass is 211 g/mol. The van der Waals surface area contributed by atoms with Crippen molar-refractivity contribution in [2.45, 2.75) is 26.3 Å². The number of carbonyl (C=O) groups is 1. The molecule has 3 N–H and O–H groups in total. The van der Waals surface area contributed by atoms with Crippen LogP contribution >= 0.6 is 7.75 Å². The molecule has 78 valence electrons. The zero-order valence-corrected chi connectivity index (χ0v) is 8.65. The average molecular weight is 211 g/mol. The van der Waals surface area contributed by atoms with Crippen molar-refractivity contribution in [3.63, 3.8) is 0 Å². The van der Waals surface area contributed by atoms with Gasteiger partial charge in [-0.25, -0.2) is 4.57 Å². The fourth-order valence-electron chi connectivity index (χ4n) is 0.848. The molecule has 0 bridgehead atoms. The molecule has 0 fully saturated rings. The van der Waals surface area contributed by atoms with E-state index in [-0.39, 0.29) is 0 Å². The maximum atomic E-state index is 10.9. The van der Waals surface area contributed by atoms with E-state index in [4.69, 9.17) is 14.9 Å². The summed E-state index contributed by atoms with van der Waals surface area (Å²) in [6.45, 7) is 3.94. The minimum absolute atomic E-state index is 0.641. The van der Waals surface area contributed by atoms with Gasteiger partial charge in [-0.3, -0.25) is 4.79 Å². The molecule has 0 saturated carbocycles. The van der Waals surface area contributed by atoms with E-state index in [1.165, 1.54) is 20.8 Å². The SMILES string of the molecule is CC(C)(C)N(CC(=O)O)P(=O)(O)O. The van der Waals surface area contributed by atoms with Gasteiger partial charge in [0.15, 0.2) is 0 Å². The molecule has 0 aromatic heterocycles. The van der Waals surface area contributed by atoms with Gasteiger partial charge < -0.3 is 14.9 Å². The van der Waals surface area contributed by atoms with Crippen molar-refractivity contribution in [3.05, 3.63) is 0 Å². The summed E-state index contributed by atoms with van der Waals surface area (Å²) in [5.41, 5.74) is -0.878. The van der Waals surface area contributed by atoms with Crippen LogP contribution in [0.5, 0.6) is 0 Å². The van der Waals surface area contributed by atoms with Gasteiger partial charge in [-0.05, 0) is 20.8 Å². The summed E-state index contributed by atoms with van der Waals surface area (Å²) >= 11 is 0. The Labute approximate surface area is 76.4 Å². The Bertz CT molecular complexity index is 240. The number of aliphatic carboxylic acids is 1. The second-order valence-corrected chi connectivity index (χ2v) is 5.14. The molecule has 13 heavy (non-hydrogen) atoms. The minimum atomic E-state index is -4.50. The number of carboxylic acid groups (broad SMARTS) is 1. The fourth-order valence-corrected chi connectivity index (χ4v) is 1.94. The molecule has 0 aromatic rings. The maximum Gasteiger partial charge on any atom is 0.404 e. The number of carboxylic acids is 1. The van der Waals surface area contributed by atoms with Gasteiger partial charge in [-0.1, -0.05) is 0 Å². The molecule has 0 radical (unpaired) electrons. The summed E-state index contributed by atoms with van der Waals surface area (Å²) in [4.78, 5) is 28.0. The van der Waals surface area contributed by atoms with E-state index < -0.39 is 25.8 Å². The molecular formula is C6H14NO5P. The standard InChI is InChI=1S/C6H14NO5P/c1-6(2,3)7(4-5(8)9)13(10,11)12/h4H2,1-3H3,(H,8,9)(H2,10,11,12). The smallest absolute Gasteiger partial charge is 0.404 e.